The fourth-order valence-corrected chi connectivity index (χ4v) is 4.98. The Balaban J connectivity index is 1.27. The van der Waals surface area contributed by atoms with E-state index < -0.39 is 15.9 Å². The SMILES string of the molecule is O=C(NCCNC(=O)C1CC1)c1ccc(NC(=O)c2ccc(S(=O)(=O)N3CCOCC3)cc2)cc1. The summed E-state index contributed by atoms with van der Waals surface area (Å²) < 4.78 is 32.0. The van der Waals surface area contributed by atoms with Gasteiger partial charge in [-0.05, 0) is 61.4 Å². The van der Waals surface area contributed by atoms with Crippen molar-refractivity contribution in [2.75, 3.05) is 44.7 Å². The molecule has 10 nitrogen and oxygen atoms in total. The van der Waals surface area contributed by atoms with Crippen molar-refractivity contribution in [1.29, 1.82) is 0 Å². The lowest BCUT2D eigenvalue weighted by Crippen LogP contribution is -2.40. The molecule has 11 heteroatoms. The highest BCUT2D eigenvalue weighted by Crippen LogP contribution is 2.28. The van der Waals surface area contributed by atoms with Crippen molar-refractivity contribution < 1.29 is 27.5 Å². The van der Waals surface area contributed by atoms with Gasteiger partial charge in [0.2, 0.25) is 15.9 Å². The van der Waals surface area contributed by atoms with E-state index in [1.165, 1.54) is 28.6 Å². The van der Waals surface area contributed by atoms with E-state index in [9.17, 15) is 22.8 Å². The van der Waals surface area contributed by atoms with Crippen LogP contribution in [0.1, 0.15) is 33.6 Å². The summed E-state index contributed by atoms with van der Waals surface area (Å²) in [6.45, 7) is 2.03. The highest BCUT2D eigenvalue weighted by atomic mass is 32.2. The second-order valence-electron chi connectivity index (χ2n) is 8.39. The van der Waals surface area contributed by atoms with Gasteiger partial charge in [-0.3, -0.25) is 14.4 Å². The van der Waals surface area contributed by atoms with Gasteiger partial charge >= 0.3 is 0 Å². The van der Waals surface area contributed by atoms with Gasteiger partial charge in [-0.15, -0.1) is 0 Å². The first kappa shape index (κ1) is 24.8. The van der Waals surface area contributed by atoms with Gasteiger partial charge in [-0.25, -0.2) is 8.42 Å². The van der Waals surface area contributed by atoms with E-state index >= 15 is 0 Å². The molecule has 2 fully saturated rings. The number of morpholine rings is 1. The fourth-order valence-electron chi connectivity index (χ4n) is 3.58. The third-order valence-electron chi connectivity index (χ3n) is 5.79. The van der Waals surface area contributed by atoms with E-state index in [2.05, 4.69) is 16.0 Å². The Morgan fingerprint density at radius 2 is 1.40 bits per heavy atom. The maximum Gasteiger partial charge on any atom is 0.255 e. The number of benzene rings is 2. The topological polar surface area (TPSA) is 134 Å². The van der Waals surface area contributed by atoms with Crippen molar-refractivity contribution >= 4 is 33.4 Å². The van der Waals surface area contributed by atoms with Crippen LogP contribution in [0.4, 0.5) is 5.69 Å². The van der Waals surface area contributed by atoms with Crippen LogP contribution in [0.3, 0.4) is 0 Å². The highest BCUT2D eigenvalue weighted by molar-refractivity contribution is 7.89. The lowest BCUT2D eigenvalue weighted by molar-refractivity contribution is -0.122. The lowest BCUT2D eigenvalue weighted by atomic mass is 10.1. The van der Waals surface area contributed by atoms with Gasteiger partial charge in [-0.1, -0.05) is 0 Å². The molecule has 1 saturated carbocycles. The van der Waals surface area contributed by atoms with Crippen LogP contribution in [0, 0.1) is 5.92 Å². The van der Waals surface area contributed by atoms with Crippen molar-refractivity contribution in [2.24, 2.45) is 5.92 Å². The number of sulfonamides is 1. The fraction of sp³-hybridized carbons (Fsp3) is 0.375. The summed E-state index contributed by atoms with van der Waals surface area (Å²) in [5.74, 6) is -0.508. The minimum absolute atomic E-state index is 0.0349. The number of hydrogen-bond donors (Lipinski definition) is 3. The van der Waals surface area contributed by atoms with Crippen LogP contribution < -0.4 is 16.0 Å². The Kier molecular flexibility index (Phi) is 7.79. The molecule has 2 aromatic rings. The third-order valence-corrected chi connectivity index (χ3v) is 7.70. The first-order valence-corrected chi connectivity index (χ1v) is 12.9. The zero-order valence-electron chi connectivity index (χ0n) is 19.2. The number of hydrogen-bond acceptors (Lipinski definition) is 6. The van der Waals surface area contributed by atoms with E-state index in [0.29, 0.717) is 56.2 Å². The quantitative estimate of drug-likeness (QED) is 0.443. The van der Waals surface area contributed by atoms with Crippen molar-refractivity contribution in [3.8, 4) is 0 Å². The number of ether oxygens (including phenoxy) is 1. The molecule has 4 rings (SSSR count). The van der Waals surface area contributed by atoms with Gasteiger partial charge in [-0.2, -0.15) is 4.31 Å². The summed E-state index contributed by atoms with van der Waals surface area (Å²) in [5.41, 5.74) is 1.23. The van der Waals surface area contributed by atoms with Crippen molar-refractivity contribution in [3.05, 3.63) is 59.7 Å². The number of anilines is 1. The zero-order chi connectivity index (χ0) is 24.8. The molecule has 1 saturated heterocycles. The van der Waals surface area contributed by atoms with Gasteiger partial charge in [0.1, 0.15) is 0 Å². The Morgan fingerprint density at radius 1 is 0.829 bits per heavy atom. The Hall–Kier alpha value is -3.28. The summed E-state index contributed by atoms with van der Waals surface area (Å²) in [7, 11) is -3.63. The monoisotopic (exact) mass is 500 g/mol. The van der Waals surface area contributed by atoms with Crippen LogP contribution in [0.5, 0.6) is 0 Å². The molecule has 0 aromatic heterocycles. The van der Waals surface area contributed by atoms with E-state index in [-0.39, 0.29) is 22.6 Å². The van der Waals surface area contributed by atoms with Gasteiger partial charge in [0.15, 0.2) is 0 Å². The highest BCUT2D eigenvalue weighted by Gasteiger charge is 2.29. The number of carbonyl (C=O) groups is 3. The van der Waals surface area contributed by atoms with Gasteiger partial charge in [0.25, 0.3) is 11.8 Å². The van der Waals surface area contributed by atoms with E-state index in [1.807, 2.05) is 0 Å². The summed E-state index contributed by atoms with van der Waals surface area (Å²) in [6, 6.07) is 12.2. The molecular weight excluding hydrogens is 472 g/mol. The summed E-state index contributed by atoms with van der Waals surface area (Å²) in [6.07, 6.45) is 1.87. The molecule has 0 bridgehead atoms. The average Bonchev–Trinajstić information content (AvgIpc) is 3.73. The van der Waals surface area contributed by atoms with Gasteiger partial charge < -0.3 is 20.7 Å². The molecule has 2 aromatic carbocycles. The molecule has 3 N–H and O–H groups in total. The molecule has 35 heavy (non-hydrogen) atoms. The molecule has 3 amide bonds. The van der Waals surface area contributed by atoms with Crippen molar-refractivity contribution in [2.45, 2.75) is 17.7 Å². The smallest absolute Gasteiger partial charge is 0.255 e. The molecule has 0 unspecified atom stereocenters. The number of nitrogens with zero attached hydrogens (tertiary/aromatic N) is 1. The summed E-state index contributed by atoms with van der Waals surface area (Å²) in [4.78, 5) is 36.5. The normalized spacial score (nSPS) is 16.3. The van der Waals surface area contributed by atoms with Crippen LogP contribution in [0.25, 0.3) is 0 Å². The van der Waals surface area contributed by atoms with Gasteiger partial charge in [0.05, 0.1) is 18.1 Å². The van der Waals surface area contributed by atoms with Crippen LogP contribution >= 0.6 is 0 Å². The lowest BCUT2D eigenvalue weighted by Gasteiger charge is -2.26. The second-order valence-corrected chi connectivity index (χ2v) is 10.3. The van der Waals surface area contributed by atoms with Crippen LogP contribution in [-0.2, 0) is 19.6 Å². The molecular formula is C24H28N4O6S. The predicted octanol–water partition coefficient (Wildman–Crippen LogP) is 1.22. The molecule has 1 aliphatic carbocycles. The number of rotatable bonds is 9. The standard InChI is InChI=1S/C24H28N4O6S/c29-22(17-1-2-17)25-11-12-26-23(30)18-3-7-20(8-4-18)27-24(31)19-5-9-21(10-6-19)35(32,33)28-13-15-34-16-14-28/h3-10,17H,1-2,11-16H2,(H,25,29)(H,26,30)(H,27,31). The average molecular weight is 501 g/mol. The maximum atomic E-state index is 12.7. The number of nitrogens with one attached hydrogen (secondary N) is 3. The molecule has 0 radical (unpaired) electrons. The second kappa shape index (κ2) is 11.0. The Bertz CT molecular complexity index is 1170. The van der Waals surface area contributed by atoms with Gasteiger partial charge in [0, 0.05) is 48.9 Å². The summed E-state index contributed by atoms with van der Waals surface area (Å²) >= 11 is 0. The van der Waals surface area contributed by atoms with E-state index in [4.69, 9.17) is 4.74 Å². The molecule has 1 aliphatic heterocycles. The molecule has 186 valence electrons. The number of carbonyl (C=O) groups excluding carboxylic acids is 3. The van der Waals surface area contributed by atoms with Crippen LogP contribution in [-0.4, -0.2) is 69.8 Å². The minimum atomic E-state index is -3.63. The molecule has 0 atom stereocenters. The molecule has 0 spiro atoms. The van der Waals surface area contributed by atoms with Crippen LogP contribution in [0.2, 0.25) is 0 Å². The maximum absolute atomic E-state index is 12.7. The Labute approximate surface area is 204 Å². The Morgan fingerprint density at radius 3 is 2.03 bits per heavy atom. The summed E-state index contributed by atoms with van der Waals surface area (Å²) in [5, 5.41) is 8.26. The third kappa shape index (κ3) is 6.44. The predicted molar refractivity (Wildman–Crippen MR) is 128 cm³/mol. The van der Waals surface area contributed by atoms with Crippen molar-refractivity contribution in [1.82, 2.24) is 14.9 Å². The van der Waals surface area contributed by atoms with Crippen LogP contribution in [0.15, 0.2) is 53.4 Å². The molecule has 1 heterocycles. The first-order chi connectivity index (χ1) is 16.8. The van der Waals surface area contributed by atoms with Crippen molar-refractivity contribution in [3.63, 3.8) is 0 Å². The largest absolute Gasteiger partial charge is 0.379 e. The van der Waals surface area contributed by atoms with E-state index in [0.717, 1.165) is 12.8 Å². The first-order valence-electron chi connectivity index (χ1n) is 11.5. The number of amides is 3. The van der Waals surface area contributed by atoms with E-state index in [1.54, 1.807) is 24.3 Å². The minimum Gasteiger partial charge on any atom is -0.379 e. The molecule has 2 aliphatic rings. The zero-order valence-corrected chi connectivity index (χ0v) is 20.0.